The monoisotopic (exact) mass is 212 g/mol. The first-order chi connectivity index (χ1) is 6.68. The Bertz CT molecular complexity index is 363. The number of cyclic esters (lactones) is 1. The number of ether oxygens (including phenoxy) is 1. The van der Waals surface area contributed by atoms with E-state index in [4.69, 9.17) is 10.5 Å². The Morgan fingerprint density at radius 3 is 3.00 bits per heavy atom. The molecular formula is C8H8N2O3S. The molecule has 2 unspecified atom stereocenters. The van der Waals surface area contributed by atoms with Gasteiger partial charge in [-0.05, 0) is 11.4 Å². The molecule has 5 nitrogen and oxygen atoms in total. The molecule has 0 aromatic carbocycles. The Kier molecular flexibility index (Phi) is 2.12. The Morgan fingerprint density at radius 2 is 2.43 bits per heavy atom. The summed E-state index contributed by atoms with van der Waals surface area (Å²) in [4.78, 5) is 22.7. The molecule has 0 saturated carbocycles. The summed E-state index contributed by atoms with van der Waals surface area (Å²) in [7, 11) is 0. The van der Waals surface area contributed by atoms with Gasteiger partial charge in [-0.15, -0.1) is 11.3 Å². The molecule has 1 aliphatic heterocycles. The highest BCUT2D eigenvalue weighted by Crippen LogP contribution is 2.29. The molecule has 1 saturated heterocycles. The van der Waals surface area contributed by atoms with Crippen molar-refractivity contribution in [1.82, 2.24) is 5.32 Å². The van der Waals surface area contributed by atoms with E-state index in [2.05, 4.69) is 5.32 Å². The number of primary amides is 1. The normalized spacial score (nSPS) is 25.6. The third-order valence-electron chi connectivity index (χ3n) is 1.94. The lowest BCUT2D eigenvalue weighted by Gasteiger charge is -2.11. The average Bonchev–Trinajstić information content (AvgIpc) is 2.70. The lowest BCUT2D eigenvalue weighted by atomic mass is 10.1. The second kappa shape index (κ2) is 3.30. The summed E-state index contributed by atoms with van der Waals surface area (Å²) in [5.41, 5.74) is 5.13. The van der Waals surface area contributed by atoms with Crippen LogP contribution in [0.4, 0.5) is 4.79 Å². The smallest absolute Gasteiger partial charge is 0.408 e. The molecule has 0 bridgehead atoms. The van der Waals surface area contributed by atoms with Gasteiger partial charge in [-0.1, -0.05) is 6.07 Å². The second-order valence-corrected chi connectivity index (χ2v) is 3.84. The third kappa shape index (κ3) is 1.44. The molecule has 1 fully saturated rings. The van der Waals surface area contributed by atoms with Crippen LogP contribution in [0.5, 0.6) is 0 Å². The fourth-order valence-corrected chi connectivity index (χ4v) is 2.11. The van der Waals surface area contributed by atoms with Gasteiger partial charge in [0.05, 0.1) is 0 Å². The van der Waals surface area contributed by atoms with Crippen molar-refractivity contribution in [2.75, 3.05) is 0 Å². The van der Waals surface area contributed by atoms with Crippen molar-refractivity contribution in [2.24, 2.45) is 5.73 Å². The SMILES string of the molecule is NC(=O)C1NC(=O)OC1c1cccs1. The second-order valence-electron chi connectivity index (χ2n) is 2.87. The summed E-state index contributed by atoms with van der Waals surface area (Å²) in [6, 6.07) is 2.86. The van der Waals surface area contributed by atoms with E-state index in [0.29, 0.717) is 0 Å². The van der Waals surface area contributed by atoms with Crippen molar-refractivity contribution in [1.29, 1.82) is 0 Å². The zero-order chi connectivity index (χ0) is 10.1. The highest BCUT2D eigenvalue weighted by atomic mass is 32.1. The number of nitrogens with one attached hydrogen (secondary N) is 1. The highest BCUT2D eigenvalue weighted by molar-refractivity contribution is 7.10. The summed E-state index contributed by atoms with van der Waals surface area (Å²) >= 11 is 1.42. The van der Waals surface area contributed by atoms with Gasteiger partial charge in [-0.3, -0.25) is 4.79 Å². The molecule has 74 valence electrons. The lowest BCUT2D eigenvalue weighted by Crippen LogP contribution is -2.40. The molecule has 2 rings (SSSR count). The van der Waals surface area contributed by atoms with Crippen LogP contribution in [-0.2, 0) is 9.53 Å². The number of amides is 2. The van der Waals surface area contributed by atoms with Crippen LogP contribution in [0.1, 0.15) is 11.0 Å². The number of hydrogen-bond donors (Lipinski definition) is 2. The van der Waals surface area contributed by atoms with Crippen LogP contribution < -0.4 is 11.1 Å². The van der Waals surface area contributed by atoms with E-state index < -0.39 is 24.1 Å². The number of hydrogen-bond acceptors (Lipinski definition) is 4. The van der Waals surface area contributed by atoms with E-state index >= 15 is 0 Å². The van der Waals surface area contributed by atoms with Crippen LogP contribution in [0.25, 0.3) is 0 Å². The number of carbonyl (C=O) groups is 2. The lowest BCUT2D eigenvalue weighted by molar-refractivity contribution is -0.120. The first kappa shape index (κ1) is 9.01. The van der Waals surface area contributed by atoms with Crippen molar-refractivity contribution in [2.45, 2.75) is 12.1 Å². The number of alkyl carbamates (subject to hydrolysis) is 1. The largest absolute Gasteiger partial charge is 0.438 e. The van der Waals surface area contributed by atoms with E-state index in [9.17, 15) is 9.59 Å². The molecule has 1 aromatic heterocycles. The molecule has 1 aromatic rings. The average molecular weight is 212 g/mol. The van der Waals surface area contributed by atoms with Crippen LogP contribution in [0, 0.1) is 0 Å². The summed E-state index contributed by atoms with van der Waals surface area (Å²) in [6.07, 6.45) is -1.19. The summed E-state index contributed by atoms with van der Waals surface area (Å²) in [6.45, 7) is 0. The maximum Gasteiger partial charge on any atom is 0.408 e. The molecule has 2 heterocycles. The minimum atomic E-state index is -0.763. The maximum absolute atomic E-state index is 11.0. The Hall–Kier alpha value is -1.56. The van der Waals surface area contributed by atoms with Gasteiger partial charge in [-0.25, -0.2) is 4.79 Å². The molecule has 14 heavy (non-hydrogen) atoms. The van der Waals surface area contributed by atoms with Gasteiger partial charge < -0.3 is 15.8 Å². The molecule has 2 atom stereocenters. The van der Waals surface area contributed by atoms with Crippen molar-refractivity contribution in [3.63, 3.8) is 0 Å². The maximum atomic E-state index is 11.0. The third-order valence-corrected chi connectivity index (χ3v) is 2.87. The molecule has 2 amide bonds. The van der Waals surface area contributed by atoms with Gasteiger partial charge in [0.15, 0.2) is 12.1 Å². The van der Waals surface area contributed by atoms with Gasteiger partial charge >= 0.3 is 6.09 Å². The Morgan fingerprint density at radius 1 is 1.64 bits per heavy atom. The molecule has 3 N–H and O–H groups in total. The van der Waals surface area contributed by atoms with Gasteiger partial charge in [-0.2, -0.15) is 0 Å². The topological polar surface area (TPSA) is 81.4 Å². The predicted molar refractivity (Wildman–Crippen MR) is 49.7 cm³/mol. The summed E-state index contributed by atoms with van der Waals surface area (Å²) in [5, 5.41) is 4.21. The Balaban J connectivity index is 2.26. The molecule has 0 spiro atoms. The van der Waals surface area contributed by atoms with Gasteiger partial charge in [0.25, 0.3) is 0 Å². The summed E-state index contributed by atoms with van der Waals surface area (Å²) < 4.78 is 4.94. The minimum Gasteiger partial charge on any atom is -0.438 e. The Labute approximate surface area is 83.9 Å². The molecule has 0 aliphatic carbocycles. The predicted octanol–water partition coefficient (Wildman–Crippen LogP) is 0.383. The van der Waals surface area contributed by atoms with E-state index in [0.717, 1.165) is 4.88 Å². The van der Waals surface area contributed by atoms with Crippen LogP contribution in [-0.4, -0.2) is 18.0 Å². The van der Waals surface area contributed by atoms with Crippen molar-refractivity contribution < 1.29 is 14.3 Å². The first-order valence-corrected chi connectivity index (χ1v) is 4.86. The van der Waals surface area contributed by atoms with Gasteiger partial charge in [0.1, 0.15) is 0 Å². The number of nitrogens with two attached hydrogens (primary N) is 1. The fourth-order valence-electron chi connectivity index (χ4n) is 1.32. The number of carbonyl (C=O) groups excluding carboxylic acids is 2. The van der Waals surface area contributed by atoms with Crippen molar-refractivity contribution >= 4 is 23.3 Å². The number of rotatable bonds is 2. The van der Waals surface area contributed by atoms with Crippen LogP contribution in [0.3, 0.4) is 0 Å². The van der Waals surface area contributed by atoms with Gasteiger partial charge in [0, 0.05) is 4.88 Å². The van der Waals surface area contributed by atoms with Crippen LogP contribution in [0.2, 0.25) is 0 Å². The minimum absolute atomic E-state index is 0.583. The molecule has 6 heteroatoms. The number of thiophene rings is 1. The quantitative estimate of drug-likeness (QED) is 0.743. The van der Waals surface area contributed by atoms with E-state index in [1.54, 1.807) is 6.07 Å². The summed E-state index contributed by atoms with van der Waals surface area (Å²) in [5.74, 6) is -0.589. The van der Waals surface area contributed by atoms with E-state index in [-0.39, 0.29) is 0 Å². The van der Waals surface area contributed by atoms with Gasteiger partial charge in [0.2, 0.25) is 5.91 Å². The molecule has 0 radical (unpaired) electrons. The molecular weight excluding hydrogens is 204 g/mol. The van der Waals surface area contributed by atoms with Crippen LogP contribution >= 0.6 is 11.3 Å². The van der Waals surface area contributed by atoms with Crippen LogP contribution in [0.15, 0.2) is 17.5 Å². The molecule has 1 aliphatic rings. The zero-order valence-corrected chi connectivity index (χ0v) is 7.91. The zero-order valence-electron chi connectivity index (χ0n) is 7.10. The first-order valence-electron chi connectivity index (χ1n) is 3.98. The highest BCUT2D eigenvalue weighted by Gasteiger charge is 2.39. The fraction of sp³-hybridized carbons (Fsp3) is 0.250. The van der Waals surface area contributed by atoms with Crippen molar-refractivity contribution in [3.05, 3.63) is 22.4 Å². The van der Waals surface area contributed by atoms with E-state index in [1.165, 1.54) is 11.3 Å². The van der Waals surface area contributed by atoms with Crippen molar-refractivity contribution in [3.8, 4) is 0 Å². The standard InChI is InChI=1S/C8H8N2O3S/c9-7(11)5-6(13-8(12)10-5)4-2-1-3-14-4/h1-3,5-6H,(H2,9,11)(H,10,12). The van der Waals surface area contributed by atoms with E-state index in [1.807, 2.05) is 11.4 Å².